The van der Waals surface area contributed by atoms with Crippen LogP contribution in [0.25, 0.3) is 0 Å². The third-order valence-corrected chi connectivity index (χ3v) is 6.14. The summed E-state index contributed by atoms with van der Waals surface area (Å²) in [5.41, 5.74) is 0.943. The fourth-order valence-corrected chi connectivity index (χ4v) is 4.32. The Bertz CT molecular complexity index is 952. The molecule has 0 heterocycles. The lowest BCUT2D eigenvalue weighted by Crippen LogP contribution is -2.49. The van der Waals surface area contributed by atoms with Crippen LogP contribution in [-0.4, -0.2) is 26.6 Å². The number of nitrogens with zero attached hydrogens (tertiary/aromatic N) is 1. The van der Waals surface area contributed by atoms with Crippen molar-refractivity contribution in [2.75, 3.05) is 10.6 Å². The number of amides is 1. The minimum atomic E-state index is -3.79. The van der Waals surface area contributed by atoms with E-state index in [9.17, 15) is 17.6 Å². The molecular formula is C19H21Cl2FN2O3S. The smallest absolute Gasteiger partial charge is 0.244 e. The number of carbonyl (C=O) groups excluding carboxylic acids is 1. The number of benzene rings is 2. The number of nitrogens with one attached hydrogen (secondary N) is 1. The fourth-order valence-electron chi connectivity index (χ4n) is 2.83. The van der Waals surface area contributed by atoms with Crippen molar-refractivity contribution in [3.05, 3.63) is 63.9 Å². The van der Waals surface area contributed by atoms with E-state index in [0.717, 1.165) is 10.6 Å². The minimum Gasteiger partial charge on any atom is -0.348 e. The highest BCUT2D eigenvalue weighted by atomic mass is 35.5. The Hall–Kier alpha value is -1.83. The van der Waals surface area contributed by atoms with Crippen molar-refractivity contribution < 1.29 is 17.6 Å². The first-order valence-corrected chi connectivity index (χ1v) is 11.1. The molecule has 5 nitrogen and oxygen atoms in total. The van der Waals surface area contributed by atoms with Crippen LogP contribution in [0.3, 0.4) is 0 Å². The van der Waals surface area contributed by atoms with Gasteiger partial charge in [-0.1, -0.05) is 42.3 Å². The van der Waals surface area contributed by atoms with Crippen LogP contribution in [0.15, 0.2) is 42.5 Å². The summed E-state index contributed by atoms with van der Waals surface area (Å²) in [6, 6.07) is 8.68. The first-order valence-electron chi connectivity index (χ1n) is 8.55. The average Bonchev–Trinajstić information content (AvgIpc) is 2.61. The second kappa shape index (κ2) is 9.11. The Kier molecular flexibility index (Phi) is 7.31. The van der Waals surface area contributed by atoms with Gasteiger partial charge in [-0.2, -0.15) is 0 Å². The van der Waals surface area contributed by atoms with E-state index in [1.807, 2.05) is 0 Å². The summed E-state index contributed by atoms with van der Waals surface area (Å²) in [5.74, 6) is -0.854. The molecule has 152 valence electrons. The van der Waals surface area contributed by atoms with Gasteiger partial charge in [0.05, 0.1) is 28.0 Å². The van der Waals surface area contributed by atoms with Crippen molar-refractivity contribution in [2.45, 2.75) is 32.4 Å². The maximum Gasteiger partial charge on any atom is 0.244 e. The first-order chi connectivity index (χ1) is 13.0. The summed E-state index contributed by atoms with van der Waals surface area (Å²) in [6.45, 7) is 3.45. The van der Waals surface area contributed by atoms with Crippen LogP contribution >= 0.6 is 23.2 Å². The zero-order valence-electron chi connectivity index (χ0n) is 15.6. The zero-order valence-corrected chi connectivity index (χ0v) is 17.9. The summed E-state index contributed by atoms with van der Waals surface area (Å²) < 4.78 is 39.0. The van der Waals surface area contributed by atoms with Gasteiger partial charge in [-0.15, -0.1) is 0 Å². The first kappa shape index (κ1) is 22.5. The van der Waals surface area contributed by atoms with Gasteiger partial charge in [-0.3, -0.25) is 9.10 Å². The normalized spacial score (nSPS) is 13.6. The highest BCUT2D eigenvalue weighted by Gasteiger charge is 2.32. The zero-order chi connectivity index (χ0) is 21.1. The highest BCUT2D eigenvalue weighted by Crippen LogP contribution is 2.30. The van der Waals surface area contributed by atoms with Crippen LogP contribution in [0.2, 0.25) is 10.0 Å². The molecule has 0 spiro atoms. The predicted octanol–water partition coefficient (Wildman–Crippen LogP) is 4.55. The molecule has 9 heteroatoms. The van der Waals surface area contributed by atoms with E-state index in [0.29, 0.717) is 5.56 Å². The van der Waals surface area contributed by atoms with E-state index in [-0.39, 0.29) is 28.0 Å². The Morgan fingerprint density at radius 2 is 1.75 bits per heavy atom. The summed E-state index contributed by atoms with van der Waals surface area (Å²) >= 11 is 11.9. The second-order valence-corrected chi connectivity index (χ2v) is 9.04. The van der Waals surface area contributed by atoms with Crippen LogP contribution in [0, 0.1) is 5.82 Å². The SMILES string of the molecule is CC[C@H](C(=O)N[C@H](C)c1ccc(F)cc1)N(c1ccc(Cl)c(Cl)c1)S(C)(=O)=O. The molecule has 2 rings (SSSR count). The highest BCUT2D eigenvalue weighted by molar-refractivity contribution is 7.92. The molecule has 0 saturated heterocycles. The molecular weight excluding hydrogens is 426 g/mol. The molecule has 0 saturated carbocycles. The molecule has 2 aromatic carbocycles. The largest absolute Gasteiger partial charge is 0.348 e. The summed E-state index contributed by atoms with van der Waals surface area (Å²) in [5, 5.41) is 3.25. The van der Waals surface area contributed by atoms with Gasteiger partial charge in [0.2, 0.25) is 15.9 Å². The van der Waals surface area contributed by atoms with Gasteiger partial charge in [-0.25, -0.2) is 12.8 Å². The van der Waals surface area contributed by atoms with Crippen molar-refractivity contribution in [3.8, 4) is 0 Å². The number of halogens is 3. The molecule has 28 heavy (non-hydrogen) atoms. The van der Waals surface area contributed by atoms with E-state index < -0.39 is 28.0 Å². The van der Waals surface area contributed by atoms with Gasteiger partial charge < -0.3 is 5.32 Å². The van der Waals surface area contributed by atoms with Gasteiger partial charge in [0.1, 0.15) is 11.9 Å². The molecule has 2 aromatic rings. The van der Waals surface area contributed by atoms with Crippen molar-refractivity contribution >= 4 is 44.8 Å². The molecule has 0 unspecified atom stereocenters. The monoisotopic (exact) mass is 446 g/mol. The van der Waals surface area contributed by atoms with Gasteiger partial charge in [0.15, 0.2) is 0 Å². The lowest BCUT2D eigenvalue weighted by Gasteiger charge is -2.31. The quantitative estimate of drug-likeness (QED) is 0.677. The maximum absolute atomic E-state index is 13.1. The average molecular weight is 447 g/mol. The Labute approximate surface area is 174 Å². The van der Waals surface area contributed by atoms with Crippen LogP contribution in [-0.2, 0) is 14.8 Å². The molecule has 0 aliphatic heterocycles. The Morgan fingerprint density at radius 3 is 2.25 bits per heavy atom. The van der Waals surface area contributed by atoms with Gasteiger partial charge >= 0.3 is 0 Å². The lowest BCUT2D eigenvalue weighted by atomic mass is 10.1. The molecule has 0 aliphatic carbocycles. The van der Waals surface area contributed by atoms with Crippen LogP contribution in [0.5, 0.6) is 0 Å². The molecule has 1 amide bonds. The lowest BCUT2D eigenvalue weighted by molar-refractivity contribution is -0.122. The second-order valence-electron chi connectivity index (χ2n) is 6.36. The molecule has 1 N–H and O–H groups in total. The topological polar surface area (TPSA) is 66.5 Å². The van der Waals surface area contributed by atoms with E-state index in [4.69, 9.17) is 23.2 Å². The molecule has 0 bridgehead atoms. The third kappa shape index (κ3) is 5.37. The van der Waals surface area contributed by atoms with E-state index in [2.05, 4.69) is 5.32 Å². The van der Waals surface area contributed by atoms with Gasteiger partial charge in [-0.05, 0) is 49.2 Å². The maximum atomic E-state index is 13.1. The number of rotatable bonds is 7. The van der Waals surface area contributed by atoms with E-state index in [1.54, 1.807) is 26.0 Å². The van der Waals surface area contributed by atoms with E-state index in [1.165, 1.54) is 30.3 Å². The standard InChI is InChI=1S/C19H21Cl2FN2O3S/c1-4-18(19(25)23-12(2)13-5-7-14(22)8-6-13)24(28(3,26)27)15-9-10-16(20)17(21)11-15/h5-12,18H,4H2,1-3H3,(H,23,25)/t12-,18-/m1/s1. The Morgan fingerprint density at radius 1 is 1.14 bits per heavy atom. The van der Waals surface area contributed by atoms with Crippen molar-refractivity contribution in [2.24, 2.45) is 0 Å². The third-order valence-electron chi connectivity index (χ3n) is 4.22. The summed E-state index contributed by atoms with van der Waals surface area (Å²) in [7, 11) is -3.79. The van der Waals surface area contributed by atoms with E-state index >= 15 is 0 Å². The molecule has 2 atom stereocenters. The van der Waals surface area contributed by atoms with Crippen LogP contribution < -0.4 is 9.62 Å². The molecule has 0 aliphatic rings. The van der Waals surface area contributed by atoms with Gasteiger partial charge in [0, 0.05) is 0 Å². The van der Waals surface area contributed by atoms with Crippen molar-refractivity contribution in [1.82, 2.24) is 5.32 Å². The minimum absolute atomic E-state index is 0.183. The summed E-state index contributed by atoms with van der Waals surface area (Å²) in [6.07, 6.45) is 1.25. The predicted molar refractivity (Wildman–Crippen MR) is 111 cm³/mol. The van der Waals surface area contributed by atoms with Crippen molar-refractivity contribution in [3.63, 3.8) is 0 Å². The number of hydrogen-bond acceptors (Lipinski definition) is 3. The van der Waals surface area contributed by atoms with Crippen LogP contribution in [0.4, 0.5) is 10.1 Å². The fraction of sp³-hybridized carbons (Fsp3) is 0.316. The summed E-state index contributed by atoms with van der Waals surface area (Å²) in [4.78, 5) is 12.9. The molecule has 0 aromatic heterocycles. The number of carbonyl (C=O) groups is 1. The molecule has 0 radical (unpaired) electrons. The number of sulfonamides is 1. The van der Waals surface area contributed by atoms with Gasteiger partial charge in [0.25, 0.3) is 0 Å². The molecule has 0 fully saturated rings. The van der Waals surface area contributed by atoms with Crippen molar-refractivity contribution in [1.29, 1.82) is 0 Å². The Balaban J connectivity index is 2.33. The van der Waals surface area contributed by atoms with Crippen LogP contribution in [0.1, 0.15) is 31.9 Å². The number of hydrogen-bond donors (Lipinski definition) is 1. The number of anilines is 1.